The molecule has 2 rings (SSSR count). The van der Waals surface area contributed by atoms with Crippen LogP contribution < -0.4 is 9.47 Å². The molecular formula is C15H18N2O5. The van der Waals surface area contributed by atoms with Crippen molar-refractivity contribution in [3.05, 3.63) is 42.1 Å². The zero-order valence-electron chi connectivity index (χ0n) is 12.5. The summed E-state index contributed by atoms with van der Waals surface area (Å²) in [4.78, 5) is 17.4. The number of oxazole rings is 1. The lowest BCUT2D eigenvalue weighted by Crippen LogP contribution is -2.29. The second-order valence-electron chi connectivity index (χ2n) is 4.54. The molecule has 0 aliphatic rings. The largest absolute Gasteiger partial charge is 0.497 e. The first-order chi connectivity index (χ1) is 10.6. The fourth-order valence-electron chi connectivity index (χ4n) is 1.74. The monoisotopic (exact) mass is 306 g/mol. The van der Waals surface area contributed by atoms with Crippen molar-refractivity contribution in [3.8, 4) is 11.5 Å². The highest BCUT2D eigenvalue weighted by atomic mass is 16.5. The second-order valence-corrected chi connectivity index (χ2v) is 4.54. The average molecular weight is 306 g/mol. The Morgan fingerprint density at radius 2 is 2.00 bits per heavy atom. The highest BCUT2D eigenvalue weighted by Gasteiger charge is 2.16. The van der Waals surface area contributed by atoms with E-state index >= 15 is 0 Å². The van der Waals surface area contributed by atoms with E-state index in [0.29, 0.717) is 11.6 Å². The van der Waals surface area contributed by atoms with Crippen molar-refractivity contribution in [3.63, 3.8) is 0 Å². The molecule has 0 aliphatic heterocycles. The maximum atomic E-state index is 11.9. The summed E-state index contributed by atoms with van der Waals surface area (Å²) in [7, 11) is 3.18. The highest BCUT2D eigenvalue weighted by molar-refractivity contribution is 5.91. The first kappa shape index (κ1) is 15.8. The van der Waals surface area contributed by atoms with Crippen molar-refractivity contribution in [2.45, 2.75) is 6.61 Å². The quantitative estimate of drug-likeness (QED) is 0.830. The zero-order chi connectivity index (χ0) is 15.9. The smallest absolute Gasteiger partial charge is 0.275 e. The molecule has 0 aliphatic carbocycles. The van der Waals surface area contributed by atoms with Gasteiger partial charge in [0.25, 0.3) is 5.91 Å². The van der Waals surface area contributed by atoms with Crippen molar-refractivity contribution < 1.29 is 23.8 Å². The Morgan fingerprint density at radius 1 is 1.32 bits per heavy atom. The molecule has 2 aromatic rings. The number of hydrogen-bond donors (Lipinski definition) is 1. The number of hydrogen-bond acceptors (Lipinski definition) is 6. The van der Waals surface area contributed by atoms with Crippen LogP contribution in [0.25, 0.3) is 0 Å². The summed E-state index contributed by atoms with van der Waals surface area (Å²) >= 11 is 0. The van der Waals surface area contributed by atoms with E-state index < -0.39 is 0 Å². The molecule has 0 unspecified atom stereocenters. The van der Waals surface area contributed by atoms with Gasteiger partial charge in [0.15, 0.2) is 12.3 Å². The van der Waals surface area contributed by atoms with E-state index in [-0.39, 0.29) is 31.4 Å². The number of nitrogens with zero attached hydrogens (tertiary/aromatic N) is 2. The van der Waals surface area contributed by atoms with Gasteiger partial charge in [0.2, 0.25) is 5.89 Å². The molecule has 0 bridgehead atoms. The van der Waals surface area contributed by atoms with E-state index in [1.54, 1.807) is 38.4 Å². The summed E-state index contributed by atoms with van der Waals surface area (Å²) in [6, 6.07) is 7.10. The minimum absolute atomic E-state index is 0.104. The third-order valence-corrected chi connectivity index (χ3v) is 2.97. The first-order valence-corrected chi connectivity index (χ1v) is 6.71. The van der Waals surface area contributed by atoms with Gasteiger partial charge in [-0.3, -0.25) is 4.79 Å². The number of aliphatic hydroxyl groups is 1. The minimum Gasteiger partial charge on any atom is -0.497 e. The van der Waals surface area contributed by atoms with Gasteiger partial charge in [-0.2, -0.15) is 0 Å². The molecule has 22 heavy (non-hydrogen) atoms. The molecule has 7 heteroatoms. The average Bonchev–Trinajstić information content (AvgIpc) is 3.02. The topological polar surface area (TPSA) is 85.0 Å². The molecule has 1 aromatic heterocycles. The van der Waals surface area contributed by atoms with Crippen LogP contribution in [0.4, 0.5) is 0 Å². The number of amides is 1. The minimum atomic E-state index is -0.312. The van der Waals surface area contributed by atoms with Crippen LogP contribution >= 0.6 is 0 Å². The van der Waals surface area contributed by atoms with Gasteiger partial charge in [0.05, 0.1) is 13.7 Å². The molecule has 1 heterocycles. The van der Waals surface area contributed by atoms with Crippen LogP contribution in [-0.4, -0.2) is 48.2 Å². The molecule has 1 amide bonds. The molecule has 0 saturated carbocycles. The lowest BCUT2D eigenvalue weighted by Gasteiger charge is -2.12. The van der Waals surface area contributed by atoms with Crippen molar-refractivity contribution in [2.75, 3.05) is 27.3 Å². The molecule has 0 radical (unpaired) electrons. The number of ether oxygens (including phenoxy) is 2. The van der Waals surface area contributed by atoms with Crippen molar-refractivity contribution in [1.29, 1.82) is 0 Å². The maximum absolute atomic E-state index is 11.9. The molecule has 1 aromatic carbocycles. The number of methoxy groups -OCH3 is 1. The third-order valence-electron chi connectivity index (χ3n) is 2.97. The van der Waals surface area contributed by atoms with E-state index in [1.165, 1.54) is 11.2 Å². The van der Waals surface area contributed by atoms with Crippen molar-refractivity contribution in [1.82, 2.24) is 9.88 Å². The first-order valence-electron chi connectivity index (χ1n) is 6.71. The number of aromatic nitrogens is 1. The van der Waals surface area contributed by atoms with Crippen molar-refractivity contribution >= 4 is 5.91 Å². The van der Waals surface area contributed by atoms with Gasteiger partial charge in [-0.25, -0.2) is 4.98 Å². The van der Waals surface area contributed by atoms with E-state index in [2.05, 4.69) is 4.98 Å². The zero-order valence-corrected chi connectivity index (χ0v) is 12.5. The second kappa shape index (κ2) is 7.46. The number of rotatable bonds is 7. The molecule has 1 N–H and O–H groups in total. The Morgan fingerprint density at radius 3 is 2.64 bits per heavy atom. The Hall–Kier alpha value is -2.54. The molecular weight excluding hydrogens is 288 g/mol. The molecule has 7 nitrogen and oxygen atoms in total. The molecule has 0 spiro atoms. The van der Waals surface area contributed by atoms with E-state index in [1.807, 2.05) is 0 Å². The predicted octanol–water partition coefficient (Wildman–Crippen LogP) is 1.33. The number of benzene rings is 1. The number of aliphatic hydroxyl groups excluding tert-OH is 1. The van der Waals surface area contributed by atoms with E-state index in [4.69, 9.17) is 19.0 Å². The fourth-order valence-corrected chi connectivity index (χ4v) is 1.74. The van der Waals surface area contributed by atoms with Crippen LogP contribution in [-0.2, 0) is 6.61 Å². The normalized spacial score (nSPS) is 10.3. The van der Waals surface area contributed by atoms with Crippen LogP contribution in [0.1, 0.15) is 16.4 Å². The van der Waals surface area contributed by atoms with Gasteiger partial charge < -0.3 is 23.9 Å². The Bertz CT molecular complexity index is 609. The van der Waals surface area contributed by atoms with E-state index in [0.717, 1.165) is 5.75 Å². The van der Waals surface area contributed by atoms with Crippen LogP contribution in [0.2, 0.25) is 0 Å². The van der Waals surface area contributed by atoms with Gasteiger partial charge in [-0.05, 0) is 24.3 Å². The van der Waals surface area contributed by atoms with Gasteiger partial charge in [0, 0.05) is 13.6 Å². The highest BCUT2D eigenvalue weighted by Crippen LogP contribution is 2.18. The summed E-state index contributed by atoms with van der Waals surface area (Å²) in [5.41, 5.74) is 0.185. The summed E-state index contributed by atoms with van der Waals surface area (Å²) in [6.07, 6.45) is 1.28. The summed E-state index contributed by atoms with van der Waals surface area (Å²) in [5, 5.41) is 8.82. The van der Waals surface area contributed by atoms with Gasteiger partial charge in [0.1, 0.15) is 17.8 Å². The predicted molar refractivity (Wildman–Crippen MR) is 77.9 cm³/mol. The fraction of sp³-hybridized carbons (Fsp3) is 0.333. The third kappa shape index (κ3) is 3.98. The Labute approximate surface area is 128 Å². The molecule has 0 fully saturated rings. The van der Waals surface area contributed by atoms with Gasteiger partial charge >= 0.3 is 0 Å². The lowest BCUT2D eigenvalue weighted by molar-refractivity contribution is 0.0761. The molecule has 0 atom stereocenters. The van der Waals surface area contributed by atoms with Crippen molar-refractivity contribution in [2.24, 2.45) is 0 Å². The summed E-state index contributed by atoms with van der Waals surface area (Å²) in [5.74, 6) is 1.37. The SMILES string of the molecule is COc1ccc(OCc2nc(C(=O)N(C)CCO)co2)cc1. The van der Waals surface area contributed by atoms with Crippen LogP contribution in [0, 0.1) is 0 Å². The van der Waals surface area contributed by atoms with Gasteiger partial charge in [-0.1, -0.05) is 0 Å². The molecule has 118 valence electrons. The van der Waals surface area contributed by atoms with Crippen LogP contribution in [0.3, 0.4) is 0 Å². The number of carbonyl (C=O) groups excluding carboxylic acids is 1. The maximum Gasteiger partial charge on any atom is 0.275 e. The van der Waals surface area contributed by atoms with Gasteiger partial charge in [-0.15, -0.1) is 0 Å². The summed E-state index contributed by atoms with van der Waals surface area (Å²) in [6.45, 7) is 0.250. The Balaban J connectivity index is 1.92. The standard InChI is InChI=1S/C15H18N2O5/c1-17(7-8-18)15(19)13-9-22-14(16-13)10-21-12-5-3-11(20-2)4-6-12/h3-6,9,18H,7-8,10H2,1-2H3. The van der Waals surface area contributed by atoms with Crippen LogP contribution in [0.5, 0.6) is 11.5 Å². The number of carbonyl (C=O) groups is 1. The lowest BCUT2D eigenvalue weighted by atomic mass is 10.3. The molecule has 0 saturated heterocycles. The van der Waals surface area contributed by atoms with Crippen LogP contribution in [0.15, 0.2) is 34.9 Å². The number of likely N-dealkylation sites (N-methyl/N-ethyl adjacent to an activating group) is 1. The summed E-state index contributed by atoms with van der Waals surface area (Å²) < 4.78 is 15.8. The van der Waals surface area contributed by atoms with E-state index in [9.17, 15) is 4.79 Å². The Kier molecular flexibility index (Phi) is 5.37.